The van der Waals surface area contributed by atoms with Crippen LogP contribution in [0.4, 0.5) is 0 Å². The molecule has 2 N–H and O–H groups in total. The Kier molecular flexibility index (Phi) is 2.63. The largest absolute Gasteiger partial charge is 0.480 e. The van der Waals surface area contributed by atoms with Crippen molar-refractivity contribution in [2.75, 3.05) is 11.6 Å². The molecule has 2 heterocycles. The Morgan fingerprint density at radius 3 is 3.07 bits per heavy atom. The molecule has 80 valence electrons. The van der Waals surface area contributed by atoms with E-state index >= 15 is 0 Å². The molecule has 6 nitrogen and oxygen atoms in total. The van der Waals surface area contributed by atoms with Gasteiger partial charge in [0.15, 0.2) is 0 Å². The molecule has 0 spiro atoms. The van der Waals surface area contributed by atoms with Gasteiger partial charge in [-0.3, -0.25) is 4.79 Å². The molecule has 1 fully saturated rings. The maximum atomic E-state index is 11.8. The molecule has 1 amide bonds. The fourth-order valence-corrected chi connectivity index (χ4v) is 2.52. The molecule has 2 rings (SSSR count). The van der Waals surface area contributed by atoms with E-state index < -0.39 is 12.0 Å². The molecule has 1 saturated heterocycles. The molecule has 0 saturated carbocycles. The lowest BCUT2D eigenvalue weighted by atomic mass is 10.3. The minimum atomic E-state index is -0.965. The predicted octanol–water partition coefficient (Wildman–Crippen LogP) is 0.00940. The summed E-state index contributed by atoms with van der Waals surface area (Å²) in [6.45, 7) is 0. The molecule has 1 aromatic rings. The van der Waals surface area contributed by atoms with Gasteiger partial charge < -0.3 is 15.0 Å². The third-order valence-corrected chi connectivity index (χ3v) is 3.17. The fourth-order valence-electron chi connectivity index (χ4n) is 1.37. The number of amides is 1. The second-order valence-corrected chi connectivity index (χ2v) is 4.09. The third kappa shape index (κ3) is 1.82. The number of rotatable bonds is 2. The fraction of sp³-hybridized carbons (Fsp3) is 0.375. The molecule has 7 heteroatoms. The average molecular weight is 227 g/mol. The molecule has 15 heavy (non-hydrogen) atoms. The zero-order valence-electron chi connectivity index (χ0n) is 7.71. The Morgan fingerprint density at radius 2 is 2.47 bits per heavy atom. The second kappa shape index (κ2) is 3.93. The summed E-state index contributed by atoms with van der Waals surface area (Å²) >= 11 is 1.43. The van der Waals surface area contributed by atoms with E-state index in [0.717, 1.165) is 0 Å². The lowest BCUT2D eigenvalue weighted by molar-refractivity contribution is -0.140. The van der Waals surface area contributed by atoms with Crippen LogP contribution >= 0.6 is 11.8 Å². The van der Waals surface area contributed by atoms with Crippen LogP contribution in [-0.4, -0.2) is 49.5 Å². The molecular weight excluding hydrogens is 218 g/mol. The maximum Gasteiger partial charge on any atom is 0.327 e. The van der Waals surface area contributed by atoms with Crippen molar-refractivity contribution >= 4 is 23.6 Å². The zero-order valence-corrected chi connectivity index (χ0v) is 8.53. The minimum absolute atomic E-state index is 0.315. The van der Waals surface area contributed by atoms with Gasteiger partial charge in [-0.25, -0.2) is 9.78 Å². The molecule has 0 aliphatic carbocycles. The number of aromatic nitrogens is 2. The quantitative estimate of drug-likeness (QED) is 0.743. The van der Waals surface area contributed by atoms with Crippen molar-refractivity contribution in [1.29, 1.82) is 0 Å². The number of hydrogen-bond acceptors (Lipinski definition) is 4. The summed E-state index contributed by atoms with van der Waals surface area (Å²) in [6, 6.07) is -0.731. The van der Waals surface area contributed by atoms with Crippen molar-refractivity contribution in [3.8, 4) is 0 Å². The number of imidazole rings is 1. The van der Waals surface area contributed by atoms with E-state index in [-0.39, 0.29) is 5.91 Å². The molecule has 0 unspecified atom stereocenters. The van der Waals surface area contributed by atoms with Crippen molar-refractivity contribution in [3.63, 3.8) is 0 Å². The molecule has 1 aliphatic heterocycles. The Labute approximate surface area is 89.7 Å². The summed E-state index contributed by atoms with van der Waals surface area (Å²) in [5.74, 6) is -0.429. The van der Waals surface area contributed by atoms with Crippen LogP contribution in [0, 0.1) is 0 Å². The number of nitrogens with zero attached hydrogens (tertiary/aromatic N) is 2. The average Bonchev–Trinajstić information content (AvgIpc) is 2.88. The van der Waals surface area contributed by atoms with Crippen LogP contribution in [0.5, 0.6) is 0 Å². The number of carboxylic acids is 1. The van der Waals surface area contributed by atoms with E-state index in [2.05, 4.69) is 9.97 Å². The van der Waals surface area contributed by atoms with E-state index in [1.54, 1.807) is 0 Å². The smallest absolute Gasteiger partial charge is 0.327 e. The molecule has 0 aromatic carbocycles. The van der Waals surface area contributed by atoms with Gasteiger partial charge in [0.05, 0.1) is 18.4 Å². The summed E-state index contributed by atoms with van der Waals surface area (Å²) in [4.78, 5) is 30.4. The highest BCUT2D eigenvalue weighted by molar-refractivity contribution is 7.99. The van der Waals surface area contributed by atoms with Crippen molar-refractivity contribution in [3.05, 3.63) is 18.2 Å². The summed E-state index contributed by atoms with van der Waals surface area (Å²) in [5, 5.41) is 8.90. The first-order valence-corrected chi connectivity index (χ1v) is 5.45. The SMILES string of the molecule is O=C(O)[C@@H]1CSCN1C(=O)c1cnc[nH]1. The Balaban J connectivity index is 2.17. The Morgan fingerprint density at radius 1 is 1.67 bits per heavy atom. The Bertz CT molecular complexity index is 378. The number of hydrogen-bond donors (Lipinski definition) is 2. The minimum Gasteiger partial charge on any atom is -0.480 e. The second-order valence-electron chi connectivity index (χ2n) is 3.09. The van der Waals surface area contributed by atoms with Gasteiger partial charge in [0.2, 0.25) is 0 Å². The first-order valence-electron chi connectivity index (χ1n) is 4.30. The summed E-state index contributed by atoms with van der Waals surface area (Å²) in [5.41, 5.74) is 0.323. The normalized spacial score (nSPS) is 20.5. The van der Waals surface area contributed by atoms with Gasteiger partial charge in [-0.1, -0.05) is 0 Å². The number of carboxylic acid groups (broad SMARTS) is 1. The topological polar surface area (TPSA) is 86.3 Å². The maximum absolute atomic E-state index is 11.8. The monoisotopic (exact) mass is 227 g/mol. The van der Waals surface area contributed by atoms with Gasteiger partial charge in [-0.05, 0) is 0 Å². The van der Waals surface area contributed by atoms with Crippen LogP contribution in [-0.2, 0) is 4.79 Å². The van der Waals surface area contributed by atoms with Gasteiger partial charge >= 0.3 is 5.97 Å². The Hall–Kier alpha value is -1.50. The van der Waals surface area contributed by atoms with Gasteiger partial charge in [0.1, 0.15) is 11.7 Å². The lowest BCUT2D eigenvalue weighted by Crippen LogP contribution is -2.41. The van der Waals surface area contributed by atoms with Crippen LogP contribution in [0.3, 0.4) is 0 Å². The first kappa shape index (κ1) is 10.0. The number of thioether (sulfide) groups is 1. The zero-order chi connectivity index (χ0) is 10.8. The van der Waals surface area contributed by atoms with Crippen molar-refractivity contribution in [1.82, 2.24) is 14.9 Å². The number of carbonyl (C=O) groups excluding carboxylic acids is 1. The van der Waals surface area contributed by atoms with Crippen molar-refractivity contribution in [2.24, 2.45) is 0 Å². The van der Waals surface area contributed by atoms with Crippen molar-refractivity contribution < 1.29 is 14.7 Å². The van der Waals surface area contributed by atoms with Crippen LogP contribution in [0.2, 0.25) is 0 Å². The first-order chi connectivity index (χ1) is 7.20. The highest BCUT2D eigenvalue weighted by Crippen LogP contribution is 2.22. The predicted molar refractivity (Wildman–Crippen MR) is 53.5 cm³/mol. The summed E-state index contributed by atoms with van der Waals surface area (Å²) < 4.78 is 0. The van der Waals surface area contributed by atoms with Gasteiger partial charge in [0.25, 0.3) is 5.91 Å². The molecule has 0 bridgehead atoms. The molecule has 0 radical (unpaired) electrons. The van der Waals surface area contributed by atoms with E-state index in [1.165, 1.54) is 29.2 Å². The van der Waals surface area contributed by atoms with Crippen LogP contribution in [0.25, 0.3) is 0 Å². The standard InChI is InChI=1S/C8H9N3O3S/c12-7(5-1-9-3-10-5)11-4-15-2-6(11)8(13)14/h1,3,6H,2,4H2,(H,9,10)(H,13,14)/t6-/m0/s1. The highest BCUT2D eigenvalue weighted by atomic mass is 32.2. The van der Waals surface area contributed by atoms with Gasteiger partial charge in [0, 0.05) is 5.75 Å². The van der Waals surface area contributed by atoms with E-state index in [1.807, 2.05) is 0 Å². The number of aromatic amines is 1. The number of H-pyrrole nitrogens is 1. The molecule has 1 aromatic heterocycles. The summed E-state index contributed by atoms with van der Waals surface area (Å²) in [7, 11) is 0. The van der Waals surface area contributed by atoms with Crippen LogP contribution < -0.4 is 0 Å². The van der Waals surface area contributed by atoms with E-state index in [4.69, 9.17) is 5.11 Å². The van der Waals surface area contributed by atoms with Crippen LogP contribution in [0.1, 0.15) is 10.5 Å². The third-order valence-electron chi connectivity index (χ3n) is 2.16. The molecular formula is C8H9N3O3S. The molecule has 1 atom stereocenters. The number of aliphatic carboxylic acids is 1. The van der Waals surface area contributed by atoms with Crippen molar-refractivity contribution in [2.45, 2.75) is 6.04 Å². The number of nitrogens with one attached hydrogen (secondary N) is 1. The van der Waals surface area contributed by atoms with Gasteiger partial charge in [-0.15, -0.1) is 11.8 Å². The highest BCUT2D eigenvalue weighted by Gasteiger charge is 2.35. The van der Waals surface area contributed by atoms with E-state index in [9.17, 15) is 9.59 Å². The van der Waals surface area contributed by atoms with E-state index in [0.29, 0.717) is 17.3 Å². The summed E-state index contributed by atoms with van der Waals surface area (Å²) in [6.07, 6.45) is 2.79. The number of carbonyl (C=O) groups is 2. The van der Waals surface area contributed by atoms with Gasteiger partial charge in [-0.2, -0.15) is 0 Å². The molecule has 1 aliphatic rings. The lowest BCUT2D eigenvalue weighted by Gasteiger charge is -2.19. The van der Waals surface area contributed by atoms with Crippen LogP contribution in [0.15, 0.2) is 12.5 Å².